The van der Waals surface area contributed by atoms with Gasteiger partial charge in [0.15, 0.2) is 0 Å². The Morgan fingerprint density at radius 1 is 1.19 bits per heavy atom. The fourth-order valence-corrected chi connectivity index (χ4v) is 3.86. The van der Waals surface area contributed by atoms with Crippen LogP contribution in [-0.4, -0.2) is 39.4 Å². The molecule has 0 aliphatic carbocycles. The third-order valence-electron chi connectivity index (χ3n) is 5.07. The van der Waals surface area contributed by atoms with Gasteiger partial charge in [0, 0.05) is 24.8 Å². The van der Waals surface area contributed by atoms with Crippen molar-refractivity contribution in [1.82, 2.24) is 9.47 Å². The maximum atomic E-state index is 13.2. The maximum Gasteiger partial charge on any atom is 0.416 e. The number of pyridine rings is 1. The lowest BCUT2D eigenvalue weighted by molar-refractivity contribution is -0.137. The summed E-state index contributed by atoms with van der Waals surface area (Å²) in [5, 5.41) is 10.4. The highest BCUT2D eigenvalue weighted by Gasteiger charge is 2.32. The van der Waals surface area contributed by atoms with Gasteiger partial charge < -0.3 is 19.3 Å². The van der Waals surface area contributed by atoms with Crippen LogP contribution in [0.4, 0.5) is 18.0 Å². The highest BCUT2D eigenvalue weighted by molar-refractivity contribution is 6.30. The standard InChI is InChI=1S/C22H24ClF3N2O4/c1-21(2,3)32-20(31)27-8-4-5-15(12-27)28-11-14(23)10-17(19(28)30)16-7-6-13(9-18(16)29)22(24,25)26/h6-7,9-11,15,29H,4-5,8,12H2,1-3H3. The second kappa shape index (κ2) is 8.69. The summed E-state index contributed by atoms with van der Waals surface area (Å²) in [5.41, 5.74) is -2.30. The van der Waals surface area contributed by atoms with Crippen LogP contribution >= 0.6 is 11.6 Å². The van der Waals surface area contributed by atoms with E-state index in [0.717, 1.165) is 12.1 Å². The van der Waals surface area contributed by atoms with E-state index in [0.29, 0.717) is 25.5 Å². The SMILES string of the molecule is CC(C)(C)OC(=O)N1CCCC(n2cc(Cl)cc(-c3ccc(C(F)(F)F)cc3O)c2=O)C1. The molecule has 10 heteroatoms. The number of phenols is 1. The first-order chi connectivity index (χ1) is 14.8. The molecule has 1 aromatic carbocycles. The van der Waals surface area contributed by atoms with Crippen molar-refractivity contribution < 1.29 is 27.8 Å². The second-order valence-electron chi connectivity index (χ2n) is 8.74. The summed E-state index contributed by atoms with van der Waals surface area (Å²) in [6, 6.07) is 3.31. The van der Waals surface area contributed by atoms with Crippen molar-refractivity contribution in [3.63, 3.8) is 0 Å². The van der Waals surface area contributed by atoms with Crippen molar-refractivity contribution in [2.75, 3.05) is 13.1 Å². The van der Waals surface area contributed by atoms with E-state index in [-0.39, 0.29) is 22.7 Å². The number of rotatable bonds is 2. The molecular weight excluding hydrogens is 449 g/mol. The lowest BCUT2D eigenvalue weighted by Crippen LogP contribution is -2.45. The largest absolute Gasteiger partial charge is 0.507 e. The molecule has 1 N–H and O–H groups in total. The Kier molecular flexibility index (Phi) is 6.51. The monoisotopic (exact) mass is 472 g/mol. The predicted octanol–water partition coefficient (Wildman–Crippen LogP) is 5.47. The molecule has 32 heavy (non-hydrogen) atoms. The first-order valence-electron chi connectivity index (χ1n) is 10.1. The Bertz CT molecular complexity index is 1080. The third kappa shape index (κ3) is 5.38. The number of phenolic OH excluding ortho intramolecular Hbond substituents is 1. The number of piperidine rings is 1. The van der Waals surface area contributed by atoms with Gasteiger partial charge in [-0.1, -0.05) is 11.6 Å². The number of aromatic hydroxyl groups is 1. The van der Waals surface area contributed by atoms with Crippen molar-refractivity contribution in [3.05, 3.63) is 51.4 Å². The Morgan fingerprint density at radius 3 is 2.47 bits per heavy atom. The van der Waals surface area contributed by atoms with E-state index in [1.54, 1.807) is 20.8 Å². The molecule has 6 nitrogen and oxygen atoms in total. The van der Waals surface area contributed by atoms with Gasteiger partial charge in [-0.15, -0.1) is 0 Å². The summed E-state index contributed by atoms with van der Waals surface area (Å²) in [4.78, 5) is 27.2. The van der Waals surface area contributed by atoms with E-state index in [1.165, 1.54) is 21.7 Å². The molecule has 2 heterocycles. The van der Waals surface area contributed by atoms with E-state index in [2.05, 4.69) is 0 Å². The van der Waals surface area contributed by atoms with Gasteiger partial charge in [0.2, 0.25) is 0 Å². The first kappa shape index (κ1) is 24.0. The Labute approximate surface area is 188 Å². The van der Waals surface area contributed by atoms with Crippen molar-refractivity contribution in [3.8, 4) is 16.9 Å². The van der Waals surface area contributed by atoms with Crippen LogP contribution in [-0.2, 0) is 10.9 Å². The Morgan fingerprint density at radius 2 is 1.88 bits per heavy atom. The van der Waals surface area contributed by atoms with Gasteiger partial charge in [0.1, 0.15) is 11.4 Å². The van der Waals surface area contributed by atoms with E-state index in [1.807, 2.05) is 0 Å². The molecule has 0 radical (unpaired) electrons. The van der Waals surface area contributed by atoms with Crippen molar-refractivity contribution in [2.24, 2.45) is 0 Å². The second-order valence-corrected chi connectivity index (χ2v) is 9.17. The number of carbonyl (C=O) groups excluding carboxylic acids is 1. The number of alkyl halides is 3. The first-order valence-corrected chi connectivity index (χ1v) is 10.4. The minimum atomic E-state index is -4.63. The number of ether oxygens (including phenoxy) is 1. The van der Waals surface area contributed by atoms with Crippen molar-refractivity contribution >= 4 is 17.7 Å². The number of hydrogen-bond donors (Lipinski definition) is 1. The number of amides is 1. The molecule has 3 rings (SSSR count). The minimum absolute atomic E-state index is 0.0295. The van der Waals surface area contributed by atoms with Crippen LogP contribution in [0, 0.1) is 0 Å². The molecule has 1 aliphatic rings. The maximum absolute atomic E-state index is 13.2. The lowest BCUT2D eigenvalue weighted by Gasteiger charge is -2.35. The highest BCUT2D eigenvalue weighted by atomic mass is 35.5. The molecule has 174 valence electrons. The van der Waals surface area contributed by atoms with Crippen molar-refractivity contribution in [1.29, 1.82) is 0 Å². The van der Waals surface area contributed by atoms with E-state index in [4.69, 9.17) is 16.3 Å². The summed E-state index contributed by atoms with van der Waals surface area (Å²) in [6.45, 7) is 5.98. The van der Waals surface area contributed by atoms with Gasteiger partial charge in [-0.05, 0) is 57.9 Å². The minimum Gasteiger partial charge on any atom is -0.507 e. The topological polar surface area (TPSA) is 71.8 Å². The van der Waals surface area contributed by atoms with Crippen LogP contribution in [0.3, 0.4) is 0 Å². The fourth-order valence-electron chi connectivity index (χ4n) is 3.64. The highest BCUT2D eigenvalue weighted by Crippen LogP contribution is 2.36. The average molecular weight is 473 g/mol. The van der Waals surface area contributed by atoms with Gasteiger partial charge in [0.25, 0.3) is 5.56 Å². The number of halogens is 4. The molecule has 0 saturated carbocycles. The van der Waals surface area contributed by atoms with Gasteiger partial charge >= 0.3 is 12.3 Å². The zero-order valence-corrected chi connectivity index (χ0v) is 18.6. The fraction of sp³-hybridized carbons (Fsp3) is 0.455. The van der Waals surface area contributed by atoms with Crippen LogP contribution in [0.1, 0.15) is 45.2 Å². The number of aromatic nitrogens is 1. The molecule has 1 fully saturated rings. The molecule has 1 atom stereocenters. The Hall–Kier alpha value is -2.68. The molecule has 1 aliphatic heterocycles. The summed E-state index contributed by atoms with van der Waals surface area (Å²) in [6.07, 6.45) is -2.46. The smallest absolute Gasteiger partial charge is 0.416 e. The number of benzene rings is 1. The molecule has 0 bridgehead atoms. The lowest BCUT2D eigenvalue weighted by atomic mass is 10.0. The van der Waals surface area contributed by atoms with E-state index in [9.17, 15) is 27.9 Å². The predicted molar refractivity (Wildman–Crippen MR) is 114 cm³/mol. The quantitative estimate of drug-likeness (QED) is 0.629. The molecule has 0 spiro atoms. The molecule has 1 amide bonds. The number of hydrogen-bond acceptors (Lipinski definition) is 4. The summed E-state index contributed by atoms with van der Waals surface area (Å²) >= 11 is 6.21. The molecule has 1 aromatic heterocycles. The van der Waals surface area contributed by atoms with E-state index < -0.39 is 40.8 Å². The van der Waals surface area contributed by atoms with Crippen LogP contribution in [0.15, 0.2) is 35.3 Å². The molecular formula is C22H24ClF3N2O4. The zero-order valence-electron chi connectivity index (χ0n) is 17.9. The average Bonchev–Trinajstić information content (AvgIpc) is 2.67. The summed E-state index contributed by atoms with van der Waals surface area (Å²) < 4.78 is 45.5. The summed E-state index contributed by atoms with van der Waals surface area (Å²) in [5.74, 6) is -0.676. The normalized spacial score (nSPS) is 17.3. The van der Waals surface area contributed by atoms with Gasteiger partial charge in [0.05, 0.1) is 22.2 Å². The third-order valence-corrected chi connectivity index (χ3v) is 5.27. The van der Waals surface area contributed by atoms with Crippen LogP contribution < -0.4 is 5.56 Å². The number of likely N-dealkylation sites (tertiary alicyclic amines) is 1. The number of carbonyl (C=O) groups is 1. The van der Waals surface area contributed by atoms with Gasteiger partial charge in [-0.3, -0.25) is 4.79 Å². The van der Waals surface area contributed by atoms with Crippen LogP contribution in [0.5, 0.6) is 5.75 Å². The van der Waals surface area contributed by atoms with Crippen LogP contribution in [0.25, 0.3) is 11.1 Å². The van der Waals surface area contributed by atoms with Gasteiger partial charge in [-0.2, -0.15) is 13.2 Å². The van der Waals surface area contributed by atoms with Gasteiger partial charge in [-0.25, -0.2) is 4.79 Å². The zero-order chi connectivity index (χ0) is 23.8. The summed E-state index contributed by atoms with van der Waals surface area (Å²) in [7, 11) is 0. The van der Waals surface area contributed by atoms with Crippen molar-refractivity contribution in [2.45, 2.75) is 51.4 Å². The molecule has 2 aromatic rings. The van der Waals surface area contributed by atoms with E-state index >= 15 is 0 Å². The number of nitrogens with zero attached hydrogens (tertiary/aromatic N) is 2. The molecule has 1 saturated heterocycles. The molecule has 1 unspecified atom stereocenters. The van der Waals surface area contributed by atoms with Crippen LogP contribution in [0.2, 0.25) is 5.02 Å². The Balaban J connectivity index is 1.95.